The smallest absolute Gasteiger partial charge is 0.194 e. The molecule has 0 bridgehead atoms. The van der Waals surface area contributed by atoms with Crippen LogP contribution in [0.5, 0.6) is 0 Å². The maximum atomic E-state index is 12.4. The molecule has 0 fully saturated rings. The lowest BCUT2D eigenvalue weighted by atomic mass is 9.93. The second kappa shape index (κ2) is 2.31. The summed E-state index contributed by atoms with van der Waals surface area (Å²) in [4.78, 5) is 0. The van der Waals surface area contributed by atoms with Crippen LogP contribution in [0.25, 0.3) is 0 Å². The molecular formula is C7H10FNS. The summed E-state index contributed by atoms with van der Waals surface area (Å²) in [5.41, 5.74) is 0.802. The molecule has 0 N–H and O–H groups in total. The van der Waals surface area contributed by atoms with Crippen LogP contribution in [0, 0.1) is 5.13 Å². The maximum Gasteiger partial charge on any atom is 0.195 e. The highest BCUT2D eigenvalue weighted by Gasteiger charge is 2.17. The SMILES string of the molecule is CC(C)(C)c1cc(F)sn1. The molecule has 0 aromatic carbocycles. The first-order valence-corrected chi connectivity index (χ1v) is 3.90. The van der Waals surface area contributed by atoms with E-state index in [0.717, 1.165) is 17.2 Å². The van der Waals surface area contributed by atoms with Crippen LogP contribution in [0.2, 0.25) is 0 Å². The topological polar surface area (TPSA) is 12.9 Å². The molecule has 0 aliphatic carbocycles. The van der Waals surface area contributed by atoms with Crippen LogP contribution >= 0.6 is 11.5 Å². The van der Waals surface area contributed by atoms with Crippen molar-refractivity contribution in [1.29, 1.82) is 0 Å². The van der Waals surface area contributed by atoms with Gasteiger partial charge in [-0.15, -0.1) is 0 Å². The molecule has 56 valence electrons. The van der Waals surface area contributed by atoms with E-state index >= 15 is 0 Å². The predicted octanol–water partition coefficient (Wildman–Crippen LogP) is 2.58. The molecule has 0 saturated heterocycles. The van der Waals surface area contributed by atoms with Gasteiger partial charge in [-0.2, -0.15) is 8.76 Å². The van der Waals surface area contributed by atoms with Gasteiger partial charge in [-0.25, -0.2) is 0 Å². The summed E-state index contributed by atoms with van der Waals surface area (Å²) in [6.07, 6.45) is 0. The van der Waals surface area contributed by atoms with Gasteiger partial charge in [0.15, 0.2) is 5.13 Å². The first kappa shape index (κ1) is 7.66. The van der Waals surface area contributed by atoms with Gasteiger partial charge in [0.1, 0.15) is 0 Å². The van der Waals surface area contributed by atoms with Crippen LogP contribution in [-0.4, -0.2) is 4.37 Å². The van der Waals surface area contributed by atoms with Gasteiger partial charge < -0.3 is 0 Å². The van der Waals surface area contributed by atoms with Gasteiger partial charge in [0.2, 0.25) is 0 Å². The van der Waals surface area contributed by atoms with Gasteiger partial charge in [0.05, 0.1) is 5.69 Å². The first-order chi connectivity index (χ1) is 4.50. The Morgan fingerprint density at radius 2 is 2.10 bits per heavy atom. The zero-order valence-corrected chi connectivity index (χ0v) is 7.13. The van der Waals surface area contributed by atoms with Crippen LogP contribution in [0.15, 0.2) is 6.07 Å². The molecule has 0 amide bonds. The molecule has 0 spiro atoms. The minimum Gasteiger partial charge on any atom is -0.194 e. The highest BCUT2D eigenvalue weighted by atomic mass is 32.1. The Kier molecular flexibility index (Phi) is 1.77. The molecule has 0 aliphatic rings. The minimum atomic E-state index is -0.204. The van der Waals surface area contributed by atoms with Crippen LogP contribution in [-0.2, 0) is 5.41 Å². The molecular weight excluding hydrogens is 149 g/mol. The summed E-state index contributed by atoms with van der Waals surface area (Å²) in [5.74, 6) is 0. The fourth-order valence-electron chi connectivity index (χ4n) is 0.606. The van der Waals surface area contributed by atoms with Crippen LogP contribution in [0.4, 0.5) is 4.39 Å². The summed E-state index contributed by atoms with van der Waals surface area (Å²) in [5, 5.41) is -0.204. The van der Waals surface area contributed by atoms with Gasteiger partial charge in [-0.05, 0) is 11.5 Å². The van der Waals surface area contributed by atoms with Crippen LogP contribution in [0.3, 0.4) is 0 Å². The Morgan fingerprint density at radius 3 is 2.30 bits per heavy atom. The number of hydrogen-bond acceptors (Lipinski definition) is 2. The largest absolute Gasteiger partial charge is 0.195 e. The Morgan fingerprint density at radius 1 is 1.50 bits per heavy atom. The highest BCUT2D eigenvalue weighted by Crippen LogP contribution is 2.22. The number of hydrogen-bond donors (Lipinski definition) is 0. The second-order valence-corrected chi connectivity index (χ2v) is 4.02. The van der Waals surface area contributed by atoms with Crippen molar-refractivity contribution in [2.24, 2.45) is 0 Å². The normalized spacial score (nSPS) is 12.0. The fourth-order valence-corrected chi connectivity index (χ4v) is 1.28. The van der Waals surface area contributed by atoms with Gasteiger partial charge in [-0.1, -0.05) is 20.8 Å². The van der Waals surface area contributed by atoms with Gasteiger partial charge in [-0.3, -0.25) is 0 Å². The fraction of sp³-hybridized carbons (Fsp3) is 0.571. The Bertz CT molecular complexity index is 224. The molecule has 1 aromatic rings. The lowest BCUT2D eigenvalue weighted by Gasteiger charge is -2.13. The predicted molar refractivity (Wildman–Crippen MR) is 40.8 cm³/mol. The average molecular weight is 159 g/mol. The van der Waals surface area contributed by atoms with Gasteiger partial charge >= 0.3 is 0 Å². The molecule has 0 aliphatic heterocycles. The van der Waals surface area contributed by atoms with Crippen molar-refractivity contribution in [2.45, 2.75) is 26.2 Å². The molecule has 0 unspecified atom stereocenters. The number of aromatic nitrogens is 1. The van der Waals surface area contributed by atoms with Crippen molar-refractivity contribution >= 4 is 11.5 Å². The van der Waals surface area contributed by atoms with Crippen LogP contribution in [0.1, 0.15) is 26.5 Å². The molecule has 0 atom stereocenters. The second-order valence-electron chi connectivity index (χ2n) is 3.27. The Balaban J connectivity index is 2.96. The molecule has 1 heterocycles. The highest BCUT2D eigenvalue weighted by molar-refractivity contribution is 7.04. The first-order valence-electron chi connectivity index (χ1n) is 3.13. The Labute approximate surface area is 64.1 Å². The molecule has 1 nitrogen and oxygen atoms in total. The zero-order chi connectivity index (χ0) is 7.78. The lowest BCUT2D eigenvalue weighted by molar-refractivity contribution is 0.570. The lowest BCUT2D eigenvalue weighted by Crippen LogP contribution is -2.10. The van der Waals surface area contributed by atoms with E-state index in [2.05, 4.69) is 4.37 Å². The molecule has 0 radical (unpaired) electrons. The van der Waals surface area contributed by atoms with E-state index in [1.54, 1.807) is 0 Å². The van der Waals surface area contributed by atoms with Crippen molar-refractivity contribution < 1.29 is 4.39 Å². The van der Waals surface area contributed by atoms with E-state index in [4.69, 9.17) is 0 Å². The van der Waals surface area contributed by atoms with Crippen LogP contribution < -0.4 is 0 Å². The third-order valence-corrected chi connectivity index (χ3v) is 1.83. The number of nitrogens with zero attached hydrogens (tertiary/aromatic N) is 1. The number of halogens is 1. The van der Waals surface area contributed by atoms with Crippen molar-refractivity contribution in [3.8, 4) is 0 Å². The summed E-state index contributed by atoms with van der Waals surface area (Å²) in [6.45, 7) is 6.05. The quantitative estimate of drug-likeness (QED) is 0.567. The monoisotopic (exact) mass is 159 g/mol. The van der Waals surface area contributed by atoms with Gasteiger partial charge in [0.25, 0.3) is 0 Å². The molecule has 1 rings (SSSR count). The molecule has 3 heteroatoms. The average Bonchev–Trinajstić information content (AvgIpc) is 2.11. The zero-order valence-electron chi connectivity index (χ0n) is 6.31. The summed E-state index contributed by atoms with van der Waals surface area (Å²) < 4.78 is 16.4. The van der Waals surface area contributed by atoms with E-state index in [1.165, 1.54) is 6.07 Å². The molecule has 10 heavy (non-hydrogen) atoms. The molecule has 1 aromatic heterocycles. The third-order valence-electron chi connectivity index (χ3n) is 1.25. The van der Waals surface area contributed by atoms with E-state index in [0.29, 0.717) is 0 Å². The Hall–Kier alpha value is -0.440. The third kappa shape index (κ3) is 1.53. The summed E-state index contributed by atoms with van der Waals surface area (Å²) in [6, 6.07) is 1.49. The van der Waals surface area contributed by atoms with Crippen molar-refractivity contribution in [3.63, 3.8) is 0 Å². The summed E-state index contributed by atoms with van der Waals surface area (Å²) in [7, 11) is 0. The van der Waals surface area contributed by atoms with Gasteiger partial charge in [0, 0.05) is 11.5 Å². The van der Waals surface area contributed by atoms with Crippen molar-refractivity contribution in [3.05, 3.63) is 16.9 Å². The van der Waals surface area contributed by atoms with E-state index in [9.17, 15) is 4.39 Å². The minimum absolute atomic E-state index is 0.0269. The van der Waals surface area contributed by atoms with E-state index < -0.39 is 0 Å². The standard InChI is InChI=1S/C7H10FNS/c1-7(2,3)5-4-6(8)10-9-5/h4H,1-3H3. The van der Waals surface area contributed by atoms with Crippen molar-refractivity contribution in [1.82, 2.24) is 4.37 Å². The van der Waals surface area contributed by atoms with Crippen molar-refractivity contribution in [2.75, 3.05) is 0 Å². The molecule has 0 saturated carbocycles. The van der Waals surface area contributed by atoms with E-state index in [1.807, 2.05) is 20.8 Å². The maximum absolute atomic E-state index is 12.4. The number of rotatable bonds is 0. The van der Waals surface area contributed by atoms with E-state index in [-0.39, 0.29) is 10.5 Å². The summed E-state index contributed by atoms with van der Waals surface area (Å²) >= 11 is 0.915.